The van der Waals surface area contributed by atoms with E-state index in [1.165, 1.54) is 5.56 Å². The minimum absolute atomic E-state index is 0.0512. The monoisotopic (exact) mass is 384 g/mol. The van der Waals surface area contributed by atoms with Crippen LogP contribution < -0.4 is 24.3 Å². The highest BCUT2D eigenvalue weighted by Crippen LogP contribution is 2.34. The molecule has 0 radical (unpaired) electrons. The molecule has 0 atom stereocenters. The molecule has 0 unspecified atom stereocenters. The second-order valence-electron chi connectivity index (χ2n) is 6.75. The third kappa shape index (κ3) is 3.65. The predicted molar refractivity (Wildman–Crippen MR) is 105 cm³/mol. The summed E-state index contributed by atoms with van der Waals surface area (Å²) in [7, 11) is 3.25. The van der Waals surface area contributed by atoms with Crippen molar-refractivity contribution in [1.29, 1.82) is 0 Å². The molecule has 2 heterocycles. The van der Waals surface area contributed by atoms with Gasteiger partial charge in [0.2, 0.25) is 5.91 Å². The van der Waals surface area contributed by atoms with Crippen LogP contribution in [0.4, 0.5) is 5.69 Å². The van der Waals surface area contributed by atoms with Gasteiger partial charge in [-0.25, -0.2) is 0 Å². The molecule has 28 heavy (non-hydrogen) atoms. The van der Waals surface area contributed by atoms with Crippen molar-refractivity contribution in [1.82, 2.24) is 4.90 Å². The molecule has 2 aliphatic heterocycles. The van der Waals surface area contributed by atoms with Crippen molar-refractivity contribution < 1.29 is 23.7 Å². The molecule has 0 aliphatic carbocycles. The fourth-order valence-electron chi connectivity index (χ4n) is 3.54. The van der Waals surface area contributed by atoms with E-state index in [0.29, 0.717) is 37.8 Å². The second kappa shape index (κ2) is 7.88. The van der Waals surface area contributed by atoms with Crippen LogP contribution >= 0.6 is 0 Å². The highest BCUT2D eigenvalue weighted by molar-refractivity contribution is 5.81. The largest absolute Gasteiger partial charge is 0.493 e. The van der Waals surface area contributed by atoms with Gasteiger partial charge in [-0.3, -0.25) is 4.79 Å². The normalized spacial score (nSPS) is 14.9. The van der Waals surface area contributed by atoms with Crippen molar-refractivity contribution in [2.75, 3.05) is 45.8 Å². The third-order valence-electron chi connectivity index (χ3n) is 5.06. The van der Waals surface area contributed by atoms with E-state index >= 15 is 0 Å². The van der Waals surface area contributed by atoms with Gasteiger partial charge in [0.05, 0.1) is 20.8 Å². The van der Waals surface area contributed by atoms with Crippen LogP contribution in [0.2, 0.25) is 0 Å². The molecular weight excluding hydrogens is 360 g/mol. The maximum Gasteiger partial charge on any atom is 0.242 e. The van der Waals surface area contributed by atoms with Gasteiger partial charge in [0, 0.05) is 24.8 Å². The Bertz CT molecular complexity index is 883. The molecule has 2 aromatic carbocycles. The van der Waals surface area contributed by atoms with Gasteiger partial charge < -0.3 is 29.2 Å². The number of amides is 1. The first-order chi connectivity index (χ1) is 13.7. The number of hydrogen-bond donors (Lipinski definition) is 1. The summed E-state index contributed by atoms with van der Waals surface area (Å²) >= 11 is 0. The summed E-state index contributed by atoms with van der Waals surface area (Å²) in [4.78, 5) is 14.6. The van der Waals surface area contributed by atoms with E-state index in [9.17, 15) is 4.79 Å². The molecule has 2 aliphatic rings. The number of rotatable bonds is 5. The summed E-state index contributed by atoms with van der Waals surface area (Å²) in [6.07, 6.45) is 0.797. The van der Waals surface area contributed by atoms with Gasteiger partial charge in [0.25, 0.3) is 0 Å². The maximum atomic E-state index is 12.7. The Balaban J connectivity index is 1.40. The Morgan fingerprint density at radius 2 is 1.75 bits per heavy atom. The Hall–Kier alpha value is -3.09. The topological polar surface area (TPSA) is 69.3 Å². The zero-order valence-electron chi connectivity index (χ0n) is 16.1. The number of benzene rings is 2. The van der Waals surface area contributed by atoms with Crippen LogP contribution in [0.5, 0.6) is 23.0 Å². The lowest BCUT2D eigenvalue weighted by molar-refractivity contribution is -0.130. The number of fused-ring (bicyclic) bond motifs is 2. The lowest BCUT2D eigenvalue weighted by Gasteiger charge is -2.30. The minimum atomic E-state index is 0.0512. The maximum absolute atomic E-state index is 12.7. The first kappa shape index (κ1) is 18.3. The molecule has 7 heteroatoms. The van der Waals surface area contributed by atoms with Crippen LogP contribution in [0.15, 0.2) is 30.3 Å². The first-order valence-electron chi connectivity index (χ1n) is 9.33. The fourth-order valence-corrected chi connectivity index (χ4v) is 3.54. The van der Waals surface area contributed by atoms with E-state index in [2.05, 4.69) is 5.32 Å². The molecule has 4 rings (SSSR count). The zero-order chi connectivity index (χ0) is 19.5. The number of anilines is 1. The van der Waals surface area contributed by atoms with Crippen molar-refractivity contribution in [3.63, 3.8) is 0 Å². The van der Waals surface area contributed by atoms with E-state index in [-0.39, 0.29) is 12.5 Å². The van der Waals surface area contributed by atoms with Gasteiger partial charge >= 0.3 is 0 Å². The molecule has 1 amide bonds. The molecule has 0 bridgehead atoms. The van der Waals surface area contributed by atoms with Gasteiger partial charge in [-0.1, -0.05) is 0 Å². The number of carbonyl (C=O) groups is 1. The van der Waals surface area contributed by atoms with E-state index in [4.69, 9.17) is 18.9 Å². The molecule has 0 saturated carbocycles. The van der Waals surface area contributed by atoms with E-state index < -0.39 is 0 Å². The van der Waals surface area contributed by atoms with E-state index in [0.717, 1.165) is 29.2 Å². The summed E-state index contributed by atoms with van der Waals surface area (Å²) < 4.78 is 21.9. The average Bonchev–Trinajstić information content (AvgIpc) is 2.75. The van der Waals surface area contributed by atoms with Gasteiger partial charge in [0.15, 0.2) is 23.0 Å². The van der Waals surface area contributed by atoms with Crippen LogP contribution in [0, 0.1) is 0 Å². The first-order valence-corrected chi connectivity index (χ1v) is 9.33. The number of nitrogens with one attached hydrogen (secondary N) is 1. The van der Waals surface area contributed by atoms with Crippen LogP contribution in [0.1, 0.15) is 11.1 Å². The number of carbonyl (C=O) groups excluding carboxylic acids is 1. The average molecular weight is 384 g/mol. The lowest BCUT2D eigenvalue weighted by atomic mass is 9.98. The fraction of sp³-hybridized carbons (Fsp3) is 0.381. The summed E-state index contributed by atoms with van der Waals surface area (Å²) in [5, 5.41) is 3.19. The number of ether oxygens (including phenoxy) is 4. The van der Waals surface area contributed by atoms with Crippen molar-refractivity contribution in [3.05, 3.63) is 41.5 Å². The van der Waals surface area contributed by atoms with Gasteiger partial charge in [-0.05, 0) is 41.8 Å². The summed E-state index contributed by atoms with van der Waals surface area (Å²) in [5.74, 6) is 2.90. The van der Waals surface area contributed by atoms with Gasteiger partial charge in [0.1, 0.15) is 13.2 Å². The van der Waals surface area contributed by atoms with Crippen molar-refractivity contribution in [2.45, 2.75) is 13.0 Å². The Kier molecular flexibility index (Phi) is 5.14. The van der Waals surface area contributed by atoms with Crippen LogP contribution in [-0.2, 0) is 17.8 Å². The molecule has 0 aromatic heterocycles. The van der Waals surface area contributed by atoms with Crippen molar-refractivity contribution >= 4 is 11.6 Å². The molecular formula is C21H24N2O5. The Morgan fingerprint density at radius 3 is 2.50 bits per heavy atom. The lowest BCUT2D eigenvalue weighted by Crippen LogP contribution is -2.39. The van der Waals surface area contributed by atoms with E-state index in [1.54, 1.807) is 14.2 Å². The second-order valence-corrected chi connectivity index (χ2v) is 6.75. The standard InChI is InChI=1S/C21H24N2O5/c1-25-18-9-14-5-6-23(13-15(14)10-19(18)26-2)21(24)12-22-16-3-4-17-20(11-16)28-8-7-27-17/h3-4,9-11,22H,5-8,12-13H2,1-2H3. The predicted octanol–water partition coefficient (Wildman–Crippen LogP) is 2.47. The van der Waals surface area contributed by atoms with Crippen molar-refractivity contribution in [3.8, 4) is 23.0 Å². The summed E-state index contributed by atoms with van der Waals surface area (Å²) in [6, 6.07) is 9.58. The number of nitrogens with zero attached hydrogens (tertiary/aromatic N) is 1. The Labute approximate surface area is 164 Å². The van der Waals surface area contributed by atoms with E-state index in [1.807, 2.05) is 35.2 Å². The van der Waals surface area contributed by atoms with Gasteiger partial charge in [-0.15, -0.1) is 0 Å². The molecule has 148 valence electrons. The smallest absolute Gasteiger partial charge is 0.242 e. The summed E-state index contributed by atoms with van der Waals surface area (Å²) in [5.41, 5.74) is 3.12. The third-order valence-corrected chi connectivity index (χ3v) is 5.06. The van der Waals surface area contributed by atoms with Gasteiger partial charge in [-0.2, -0.15) is 0 Å². The number of hydrogen-bond acceptors (Lipinski definition) is 6. The Morgan fingerprint density at radius 1 is 1.04 bits per heavy atom. The van der Waals surface area contributed by atoms with Crippen molar-refractivity contribution in [2.24, 2.45) is 0 Å². The molecule has 0 saturated heterocycles. The molecule has 0 fully saturated rings. The molecule has 0 spiro atoms. The quantitative estimate of drug-likeness (QED) is 0.854. The number of methoxy groups -OCH3 is 2. The molecule has 1 N–H and O–H groups in total. The molecule has 7 nitrogen and oxygen atoms in total. The molecule has 2 aromatic rings. The summed E-state index contributed by atoms with van der Waals surface area (Å²) in [6.45, 7) is 2.58. The SMILES string of the molecule is COc1cc2c(cc1OC)CN(C(=O)CNc1ccc3c(c1)OCCO3)CC2. The zero-order valence-corrected chi connectivity index (χ0v) is 16.1. The van der Waals surface area contributed by atoms with Crippen LogP contribution in [0.3, 0.4) is 0 Å². The van der Waals surface area contributed by atoms with Crippen LogP contribution in [-0.4, -0.2) is 51.3 Å². The highest BCUT2D eigenvalue weighted by atomic mass is 16.6. The van der Waals surface area contributed by atoms with Crippen LogP contribution in [0.25, 0.3) is 0 Å². The highest BCUT2D eigenvalue weighted by Gasteiger charge is 2.23. The minimum Gasteiger partial charge on any atom is -0.493 e.